The van der Waals surface area contributed by atoms with Crippen molar-refractivity contribution in [2.75, 3.05) is 6.54 Å². The Kier molecular flexibility index (Phi) is 4.73. The molecule has 0 fully saturated rings. The van der Waals surface area contributed by atoms with Gasteiger partial charge in [0.05, 0.1) is 6.42 Å². The first-order chi connectivity index (χ1) is 7.51. The highest BCUT2D eigenvalue weighted by atomic mass is 19.4. The van der Waals surface area contributed by atoms with Crippen LogP contribution in [0.3, 0.4) is 0 Å². The van der Waals surface area contributed by atoms with Crippen LogP contribution in [0.4, 0.5) is 13.2 Å². The van der Waals surface area contributed by atoms with E-state index in [9.17, 15) is 13.2 Å². The number of halogens is 3. The Bertz CT molecular complexity index is 298. The zero-order chi connectivity index (χ0) is 12.0. The van der Waals surface area contributed by atoms with E-state index in [2.05, 4.69) is 10.3 Å². The van der Waals surface area contributed by atoms with Gasteiger partial charge >= 0.3 is 6.18 Å². The van der Waals surface area contributed by atoms with Gasteiger partial charge in [-0.25, -0.2) is 0 Å². The van der Waals surface area contributed by atoms with Gasteiger partial charge in [0.1, 0.15) is 0 Å². The molecular formula is C11H15F3N2. The summed E-state index contributed by atoms with van der Waals surface area (Å²) >= 11 is 0. The maximum atomic E-state index is 12.3. The Morgan fingerprint density at radius 1 is 1.38 bits per heavy atom. The van der Waals surface area contributed by atoms with Gasteiger partial charge in [0, 0.05) is 24.4 Å². The van der Waals surface area contributed by atoms with Crippen LogP contribution in [0, 0.1) is 0 Å². The van der Waals surface area contributed by atoms with Gasteiger partial charge in [0.15, 0.2) is 0 Å². The van der Waals surface area contributed by atoms with E-state index in [0.717, 1.165) is 0 Å². The van der Waals surface area contributed by atoms with Crippen LogP contribution >= 0.6 is 0 Å². The predicted octanol–water partition coefficient (Wildman–Crippen LogP) is 2.55. The molecule has 2 nitrogen and oxygen atoms in total. The van der Waals surface area contributed by atoms with Crippen LogP contribution in [0.1, 0.15) is 19.0 Å². The van der Waals surface area contributed by atoms with Gasteiger partial charge in [0.2, 0.25) is 0 Å². The maximum Gasteiger partial charge on any atom is 0.390 e. The highest BCUT2D eigenvalue weighted by Crippen LogP contribution is 2.22. The molecule has 5 heteroatoms. The van der Waals surface area contributed by atoms with E-state index in [1.54, 1.807) is 31.3 Å². The van der Waals surface area contributed by atoms with Crippen LogP contribution in [0.5, 0.6) is 0 Å². The van der Waals surface area contributed by atoms with E-state index in [0.29, 0.717) is 18.7 Å². The summed E-state index contributed by atoms with van der Waals surface area (Å²) in [6.45, 7) is 2.31. The molecule has 1 heterocycles. The second kappa shape index (κ2) is 5.84. The van der Waals surface area contributed by atoms with Gasteiger partial charge in [-0.05, 0) is 18.7 Å². The second-order valence-corrected chi connectivity index (χ2v) is 3.60. The standard InChI is InChI=1S/C11H15F3N2/c1-2-15-10(8-11(12,13)14)7-9-5-3-4-6-16-9/h3-6,10,15H,2,7-8H2,1H3. The first-order valence-electron chi connectivity index (χ1n) is 5.21. The summed E-state index contributed by atoms with van der Waals surface area (Å²) in [6.07, 6.45) is -3.07. The Morgan fingerprint density at radius 3 is 2.62 bits per heavy atom. The Labute approximate surface area is 92.9 Å². The van der Waals surface area contributed by atoms with Crippen molar-refractivity contribution < 1.29 is 13.2 Å². The molecule has 1 aromatic heterocycles. The van der Waals surface area contributed by atoms with Gasteiger partial charge in [-0.3, -0.25) is 4.98 Å². The number of likely N-dealkylation sites (N-methyl/N-ethyl adjacent to an activating group) is 1. The Hall–Kier alpha value is -1.10. The third-order valence-electron chi connectivity index (χ3n) is 2.15. The average Bonchev–Trinajstić information content (AvgIpc) is 2.17. The van der Waals surface area contributed by atoms with Crippen LogP contribution in [0.15, 0.2) is 24.4 Å². The van der Waals surface area contributed by atoms with Gasteiger partial charge in [-0.2, -0.15) is 13.2 Å². The van der Waals surface area contributed by atoms with Crippen molar-refractivity contribution in [2.45, 2.75) is 32.0 Å². The SMILES string of the molecule is CCNC(Cc1ccccn1)CC(F)(F)F. The molecule has 0 aliphatic heterocycles. The van der Waals surface area contributed by atoms with Crippen LogP contribution < -0.4 is 5.32 Å². The van der Waals surface area contributed by atoms with Gasteiger partial charge in [-0.1, -0.05) is 13.0 Å². The minimum Gasteiger partial charge on any atom is -0.314 e. The molecule has 1 rings (SSSR count). The number of rotatable bonds is 5. The van der Waals surface area contributed by atoms with Crippen molar-refractivity contribution >= 4 is 0 Å². The minimum atomic E-state index is -4.14. The number of aromatic nitrogens is 1. The molecule has 1 N–H and O–H groups in total. The summed E-state index contributed by atoms with van der Waals surface area (Å²) in [7, 11) is 0. The number of pyridine rings is 1. The van der Waals surface area contributed by atoms with E-state index in [1.165, 1.54) is 0 Å². The highest BCUT2D eigenvalue weighted by molar-refractivity contribution is 5.05. The monoisotopic (exact) mass is 232 g/mol. The van der Waals surface area contributed by atoms with E-state index in [1.807, 2.05) is 0 Å². The molecule has 0 saturated heterocycles. The summed E-state index contributed by atoms with van der Waals surface area (Å²) in [4.78, 5) is 4.02. The quantitative estimate of drug-likeness (QED) is 0.843. The molecule has 0 aliphatic rings. The largest absolute Gasteiger partial charge is 0.390 e. The summed E-state index contributed by atoms with van der Waals surface area (Å²) in [5.74, 6) is 0. The minimum absolute atomic E-state index is 0.300. The Morgan fingerprint density at radius 2 is 2.12 bits per heavy atom. The molecule has 16 heavy (non-hydrogen) atoms. The zero-order valence-corrected chi connectivity index (χ0v) is 9.09. The lowest BCUT2D eigenvalue weighted by molar-refractivity contribution is -0.139. The number of hydrogen-bond acceptors (Lipinski definition) is 2. The van der Waals surface area contributed by atoms with E-state index >= 15 is 0 Å². The fourth-order valence-electron chi connectivity index (χ4n) is 1.56. The lowest BCUT2D eigenvalue weighted by Gasteiger charge is -2.19. The molecule has 1 aromatic rings. The van der Waals surface area contributed by atoms with Crippen LogP contribution in [0.2, 0.25) is 0 Å². The molecule has 1 unspecified atom stereocenters. The first-order valence-corrected chi connectivity index (χ1v) is 5.21. The number of hydrogen-bond donors (Lipinski definition) is 1. The van der Waals surface area contributed by atoms with Crippen molar-refractivity contribution in [3.05, 3.63) is 30.1 Å². The first kappa shape index (κ1) is 13.0. The van der Waals surface area contributed by atoms with Crippen LogP contribution in [-0.4, -0.2) is 23.7 Å². The summed E-state index contributed by atoms with van der Waals surface area (Å²) in [5, 5.41) is 2.83. The van der Waals surface area contributed by atoms with Gasteiger partial charge in [0.25, 0.3) is 0 Å². The Balaban J connectivity index is 2.58. The summed E-state index contributed by atoms with van der Waals surface area (Å²) in [6, 6.07) is 4.66. The van der Waals surface area contributed by atoms with Crippen molar-refractivity contribution in [1.29, 1.82) is 0 Å². The molecule has 90 valence electrons. The molecule has 0 spiro atoms. The van der Waals surface area contributed by atoms with Crippen molar-refractivity contribution in [3.8, 4) is 0 Å². The third-order valence-corrected chi connectivity index (χ3v) is 2.15. The molecule has 0 amide bonds. The maximum absolute atomic E-state index is 12.3. The predicted molar refractivity (Wildman–Crippen MR) is 56.1 cm³/mol. The number of nitrogens with zero attached hydrogens (tertiary/aromatic N) is 1. The van der Waals surface area contributed by atoms with Crippen molar-refractivity contribution in [3.63, 3.8) is 0 Å². The molecule has 0 radical (unpaired) electrons. The second-order valence-electron chi connectivity index (χ2n) is 3.60. The zero-order valence-electron chi connectivity index (χ0n) is 9.09. The molecule has 0 aromatic carbocycles. The van der Waals surface area contributed by atoms with Crippen molar-refractivity contribution in [2.24, 2.45) is 0 Å². The number of alkyl halides is 3. The van der Waals surface area contributed by atoms with Crippen molar-refractivity contribution in [1.82, 2.24) is 10.3 Å². The molecular weight excluding hydrogens is 217 g/mol. The normalized spacial score (nSPS) is 13.8. The van der Waals surface area contributed by atoms with E-state index in [-0.39, 0.29) is 0 Å². The average molecular weight is 232 g/mol. The molecule has 1 atom stereocenters. The molecule has 0 aliphatic carbocycles. The fourth-order valence-corrected chi connectivity index (χ4v) is 1.56. The molecule has 0 saturated carbocycles. The molecule has 0 bridgehead atoms. The lowest BCUT2D eigenvalue weighted by atomic mass is 10.1. The summed E-state index contributed by atoms with van der Waals surface area (Å²) in [5.41, 5.74) is 0.678. The number of nitrogens with one attached hydrogen (secondary N) is 1. The smallest absolute Gasteiger partial charge is 0.314 e. The third kappa shape index (κ3) is 5.11. The van der Waals surface area contributed by atoms with Gasteiger partial charge in [-0.15, -0.1) is 0 Å². The highest BCUT2D eigenvalue weighted by Gasteiger charge is 2.31. The topological polar surface area (TPSA) is 24.9 Å². The van der Waals surface area contributed by atoms with Crippen LogP contribution in [-0.2, 0) is 6.42 Å². The summed E-state index contributed by atoms with van der Waals surface area (Å²) < 4.78 is 36.8. The van der Waals surface area contributed by atoms with Gasteiger partial charge < -0.3 is 5.32 Å². The van der Waals surface area contributed by atoms with E-state index in [4.69, 9.17) is 0 Å². The van der Waals surface area contributed by atoms with E-state index < -0.39 is 18.6 Å². The lowest BCUT2D eigenvalue weighted by Crippen LogP contribution is -2.35. The van der Waals surface area contributed by atoms with Crippen LogP contribution in [0.25, 0.3) is 0 Å². The fraction of sp³-hybridized carbons (Fsp3) is 0.545.